The number of nitriles is 1. The van der Waals surface area contributed by atoms with Crippen molar-refractivity contribution in [2.75, 3.05) is 26.2 Å². The molecule has 0 saturated carbocycles. The number of hydrogen-bond acceptors (Lipinski definition) is 23. The highest BCUT2D eigenvalue weighted by Gasteiger charge is 2.50. The molecule has 0 spiro atoms. The van der Waals surface area contributed by atoms with E-state index in [0.29, 0.717) is 12.2 Å². The number of aliphatic hydroxyl groups excluding tert-OH is 6. The fourth-order valence-corrected chi connectivity index (χ4v) is 11.3. The van der Waals surface area contributed by atoms with E-state index in [-0.39, 0.29) is 35.7 Å². The van der Waals surface area contributed by atoms with Crippen LogP contribution in [0.5, 0.6) is 17.2 Å². The summed E-state index contributed by atoms with van der Waals surface area (Å²) >= 11 is 1.47. The Morgan fingerprint density at radius 3 is 2.21 bits per heavy atom. The van der Waals surface area contributed by atoms with Crippen LogP contribution in [0.3, 0.4) is 0 Å². The van der Waals surface area contributed by atoms with E-state index in [1.807, 2.05) is 24.3 Å². The number of aromatic nitrogens is 1. The number of aliphatic hydroxyl groups is 6. The van der Waals surface area contributed by atoms with Crippen molar-refractivity contribution >= 4 is 65.0 Å². The van der Waals surface area contributed by atoms with Crippen molar-refractivity contribution in [3.63, 3.8) is 0 Å². The fraction of sp³-hybridized carbons (Fsp3) is 0.482. The number of thiazole rings is 1. The van der Waals surface area contributed by atoms with E-state index < -0.39 is 165 Å². The smallest absolute Gasteiger partial charge is 0.261 e. The molecule has 3 saturated heterocycles. The SMILES string of the molecule is CCCCCOc1ccc(-c2ncc(-c3ccc(C(=O)N[C@H]4C[C@H](O)CNC(=O)C5[C@@H](O)C(C)CN5C(=O)[C@H]([C@H](O)CC#N)NC(=O)C([C@H](O)Cc5ccc(O)c(OSOOO)c5)NC(=O)C5CC(O)CN5C(=O)C(C(C)O)NC4=O)cc3)s2)cc1. The van der Waals surface area contributed by atoms with Gasteiger partial charge in [-0.15, -0.1) is 11.3 Å². The van der Waals surface area contributed by atoms with Crippen LogP contribution in [0.2, 0.25) is 0 Å². The van der Waals surface area contributed by atoms with E-state index >= 15 is 0 Å². The van der Waals surface area contributed by atoms with Crippen molar-refractivity contribution in [2.45, 2.75) is 139 Å². The van der Waals surface area contributed by atoms with E-state index in [2.05, 4.69) is 47.9 Å². The average molecular weight is 1240 g/mol. The predicted octanol–water partition coefficient (Wildman–Crippen LogP) is -0.0229. The number of nitrogens with zero attached hydrogens (tertiary/aromatic N) is 4. The second-order valence-electron chi connectivity index (χ2n) is 21.1. The van der Waals surface area contributed by atoms with Gasteiger partial charge in [-0.1, -0.05) is 54.3 Å². The molecule has 86 heavy (non-hydrogen) atoms. The number of hydrogen-bond donors (Lipinski definition) is 13. The van der Waals surface area contributed by atoms with E-state index in [1.54, 1.807) is 24.4 Å². The number of carbonyl (C=O) groups excluding carboxylic acids is 7. The zero-order valence-electron chi connectivity index (χ0n) is 46.9. The maximum absolute atomic E-state index is 14.6. The second kappa shape index (κ2) is 30.7. The van der Waals surface area contributed by atoms with Crippen LogP contribution in [-0.2, 0) is 44.6 Å². The number of carbonyl (C=O) groups is 7. The van der Waals surface area contributed by atoms with E-state index in [0.717, 1.165) is 69.3 Å². The molecule has 4 heterocycles. The zero-order valence-corrected chi connectivity index (χ0v) is 48.5. The molecule has 7 rings (SSSR count). The molecule has 3 fully saturated rings. The molecule has 13 atom stereocenters. The molecule has 3 aromatic carbocycles. The number of benzene rings is 3. The average Bonchev–Trinajstić information content (AvgIpc) is 3.04. The summed E-state index contributed by atoms with van der Waals surface area (Å²) in [7, 11) is 0. The van der Waals surface area contributed by atoms with Gasteiger partial charge in [0.25, 0.3) is 18.2 Å². The van der Waals surface area contributed by atoms with Gasteiger partial charge < -0.3 is 81.0 Å². The Balaban J connectivity index is 1.18. The van der Waals surface area contributed by atoms with Crippen LogP contribution in [0.25, 0.3) is 21.0 Å². The maximum atomic E-state index is 14.6. The van der Waals surface area contributed by atoms with Gasteiger partial charge in [0, 0.05) is 62.1 Å². The minimum absolute atomic E-state index is 0.0403. The van der Waals surface area contributed by atoms with Crippen molar-refractivity contribution in [2.24, 2.45) is 5.92 Å². The normalized spacial score (nSPS) is 25.5. The van der Waals surface area contributed by atoms with Crippen LogP contribution in [0.4, 0.5) is 0 Å². The molecule has 464 valence electrons. The zero-order chi connectivity index (χ0) is 62.4. The highest BCUT2D eigenvalue weighted by Crippen LogP contribution is 2.34. The molecule has 0 radical (unpaired) electrons. The van der Waals surface area contributed by atoms with Crippen molar-refractivity contribution < 1.29 is 92.9 Å². The summed E-state index contributed by atoms with van der Waals surface area (Å²) in [5.74, 6) is -8.87. The number of fused-ring (bicyclic) bond motifs is 2. The molecule has 4 aromatic rings. The van der Waals surface area contributed by atoms with Crippen LogP contribution in [0, 0.1) is 17.2 Å². The van der Waals surface area contributed by atoms with Gasteiger partial charge in [-0.25, -0.2) is 10.2 Å². The van der Waals surface area contributed by atoms with E-state index in [9.17, 15) is 74.6 Å². The second-order valence-corrected chi connectivity index (χ2v) is 22.6. The van der Waals surface area contributed by atoms with E-state index in [1.165, 1.54) is 36.5 Å². The van der Waals surface area contributed by atoms with Gasteiger partial charge in [0.1, 0.15) is 47.0 Å². The van der Waals surface area contributed by atoms with Crippen LogP contribution >= 0.6 is 23.7 Å². The highest BCUT2D eigenvalue weighted by molar-refractivity contribution is 7.90. The van der Waals surface area contributed by atoms with Crippen molar-refractivity contribution in [3.05, 3.63) is 84.1 Å². The van der Waals surface area contributed by atoms with Gasteiger partial charge in [-0.3, -0.25) is 33.6 Å². The summed E-state index contributed by atoms with van der Waals surface area (Å²) in [6.07, 6.45) is -8.29. The molecular formula is C56H69N9O19S2. The van der Waals surface area contributed by atoms with Crippen LogP contribution < -0.4 is 35.5 Å². The number of unbranched alkanes of at least 4 members (excludes halogenated alkanes) is 2. The molecule has 0 bridgehead atoms. The first-order valence-corrected chi connectivity index (χ1v) is 29.1. The van der Waals surface area contributed by atoms with Gasteiger partial charge in [0.2, 0.25) is 35.4 Å². The van der Waals surface area contributed by atoms with Gasteiger partial charge in [0.05, 0.1) is 60.6 Å². The lowest BCUT2D eigenvalue weighted by Crippen LogP contribution is -2.64. The molecule has 1 aromatic heterocycles. The molecular weight excluding hydrogens is 1170 g/mol. The van der Waals surface area contributed by atoms with Crippen LogP contribution in [0.1, 0.15) is 75.2 Å². The first kappa shape index (κ1) is 66.0. The molecule has 7 unspecified atom stereocenters. The van der Waals surface area contributed by atoms with Gasteiger partial charge in [-0.05, 0) is 73.0 Å². The number of nitrogens with one attached hydrogen (secondary N) is 5. The molecule has 30 heteroatoms. The lowest BCUT2D eigenvalue weighted by atomic mass is 9.98. The standard InChI is InChI=1S/C56H69N9O19S2/c1-4-5-6-19-81-36-14-12-33(13-15-36)54-59-25-43(85-54)31-8-10-32(11-9-31)49(73)60-37-22-34(67)24-58-53(77)47-48(72)28(2)26-65(47)56(79)46(40(70)17-18-57)63-52(76)45(41(71)20-30-7-16-39(69)42(21-30)82-86-84-83-80)62-51(75)38-23-35(68)27-64(38)55(78)44(29(3)66)61-50(37)74/h7-16,21,25,28-29,34-35,37-38,40-41,44-48,66-72,80H,4-6,17,19-20,22-24,26-27H2,1-3H3,(H,58,77)(H,60,73)(H,61,74)(H,62,75)(H,63,76)/t28?,29?,34-,35?,37-,38?,40+,41+,44?,45?,46-,47?,48-/m0/s1. The van der Waals surface area contributed by atoms with Gasteiger partial charge >= 0.3 is 0 Å². The maximum Gasteiger partial charge on any atom is 0.261 e. The number of phenolic OH excluding ortho intramolecular Hbond substituents is 1. The molecule has 3 aliphatic rings. The third-order valence-corrected chi connectivity index (χ3v) is 16.2. The fourth-order valence-electron chi connectivity index (χ4n) is 10.1. The van der Waals surface area contributed by atoms with Gasteiger partial charge in [-0.2, -0.15) is 5.26 Å². The number of amides is 7. The summed E-state index contributed by atoms with van der Waals surface area (Å²) < 4.78 is 15.1. The predicted molar refractivity (Wildman–Crippen MR) is 304 cm³/mol. The third kappa shape index (κ3) is 16.7. The number of ether oxygens (including phenoxy) is 1. The van der Waals surface area contributed by atoms with Crippen molar-refractivity contribution in [1.82, 2.24) is 41.4 Å². The molecule has 0 aliphatic carbocycles. The summed E-state index contributed by atoms with van der Waals surface area (Å²) in [5, 5.41) is 113. The Hall–Kier alpha value is -7.54. The Labute approximate surface area is 501 Å². The Morgan fingerprint density at radius 1 is 0.837 bits per heavy atom. The first-order chi connectivity index (χ1) is 41.1. The monoisotopic (exact) mass is 1240 g/mol. The Morgan fingerprint density at radius 2 is 1.52 bits per heavy atom. The molecule has 3 aliphatic heterocycles. The summed E-state index contributed by atoms with van der Waals surface area (Å²) in [4.78, 5) is 108. The molecule has 28 nitrogen and oxygen atoms in total. The number of rotatable bonds is 19. The molecule has 7 amide bonds. The van der Waals surface area contributed by atoms with Crippen molar-refractivity contribution in [3.8, 4) is 44.3 Å². The minimum Gasteiger partial charge on any atom is -0.504 e. The number of phenols is 1. The Bertz CT molecular complexity index is 3060. The number of β-amino-alcohol motifs (C(OH)–C–C–N with tert-alkyl or cyclic N) is 1. The largest absolute Gasteiger partial charge is 0.504 e. The van der Waals surface area contributed by atoms with E-state index in [4.69, 9.17) is 14.2 Å². The topological polar surface area (TPSA) is 422 Å². The van der Waals surface area contributed by atoms with Crippen molar-refractivity contribution in [1.29, 1.82) is 5.26 Å². The lowest BCUT2D eigenvalue weighted by Gasteiger charge is -2.33. The Kier molecular flexibility index (Phi) is 23.6. The summed E-state index contributed by atoms with van der Waals surface area (Å²) in [5.41, 5.74) is 1.71. The minimum atomic E-state index is -2.15. The van der Waals surface area contributed by atoms with Crippen LogP contribution in [0.15, 0.2) is 72.9 Å². The third-order valence-electron chi connectivity index (χ3n) is 14.8. The molecule has 13 N–H and O–H groups in total. The first-order valence-electron chi connectivity index (χ1n) is 27.6. The lowest BCUT2D eigenvalue weighted by molar-refractivity contribution is -0.433. The van der Waals surface area contributed by atoms with Gasteiger partial charge in [0.15, 0.2) is 11.5 Å². The summed E-state index contributed by atoms with van der Waals surface area (Å²) in [6.45, 7) is 3.72. The number of aromatic hydroxyl groups is 1. The van der Waals surface area contributed by atoms with Crippen LogP contribution in [-0.4, -0.2) is 196 Å². The quantitative estimate of drug-likeness (QED) is 0.0254. The summed E-state index contributed by atoms with van der Waals surface area (Å²) in [6, 6.07) is 7.65. The highest BCUT2D eigenvalue weighted by atomic mass is 32.2.